The van der Waals surface area contributed by atoms with Gasteiger partial charge in [-0.2, -0.15) is 0 Å². The summed E-state index contributed by atoms with van der Waals surface area (Å²) in [5.41, 5.74) is 0. The van der Waals surface area contributed by atoms with Crippen LogP contribution in [0.3, 0.4) is 0 Å². The average molecular weight is 258 g/mol. The van der Waals surface area contributed by atoms with E-state index in [0.29, 0.717) is 6.42 Å². The van der Waals surface area contributed by atoms with Crippen LogP contribution in [0.4, 0.5) is 0 Å². The van der Waals surface area contributed by atoms with Crippen molar-refractivity contribution in [3.05, 3.63) is 0 Å². The number of aldehydes is 1. The van der Waals surface area contributed by atoms with Crippen molar-refractivity contribution in [1.82, 2.24) is 0 Å². The zero-order valence-electron chi connectivity index (χ0n) is 12.5. The van der Waals surface area contributed by atoms with Crippen LogP contribution in [-0.4, -0.2) is 20.7 Å². The van der Waals surface area contributed by atoms with Crippen molar-refractivity contribution in [2.75, 3.05) is 0 Å². The predicted octanol–water partition coefficient (Wildman–Crippen LogP) is 4.55. The maximum Gasteiger partial charge on any atom is 0.192 e. The van der Waals surface area contributed by atoms with Gasteiger partial charge in [-0.15, -0.1) is 0 Å². The first-order chi connectivity index (χ1) is 7.74. The number of hydrogen-bond acceptors (Lipinski definition) is 2. The molecule has 0 rings (SSSR count). The summed E-state index contributed by atoms with van der Waals surface area (Å²) in [4.78, 5) is 10.7. The van der Waals surface area contributed by atoms with Crippen molar-refractivity contribution in [2.24, 2.45) is 0 Å². The monoisotopic (exact) mass is 258 g/mol. The number of carbonyl (C=O) groups is 1. The minimum atomic E-state index is -1.72. The number of hydrogen-bond donors (Lipinski definition) is 0. The van der Waals surface area contributed by atoms with Gasteiger partial charge < -0.3 is 9.22 Å². The summed E-state index contributed by atoms with van der Waals surface area (Å²) in [5.74, 6) is 0. The average Bonchev–Trinajstić information content (AvgIpc) is 2.16. The van der Waals surface area contributed by atoms with Gasteiger partial charge in [-0.3, -0.25) is 0 Å². The van der Waals surface area contributed by atoms with Gasteiger partial charge in [-0.25, -0.2) is 0 Å². The molecule has 0 aromatic rings. The maximum absolute atomic E-state index is 10.7. The Hall–Kier alpha value is -0.153. The van der Waals surface area contributed by atoms with Crippen molar-refractivity contribution in [2.45, 2.75) is 84.0 Å². The Labute approximate surface area is 108 Å². The fraction of sp³-hybridized carbons (Fsp3) is 0.929. The minimum Gasteiger partial charge on any atom is -0.414 e. The number of rotatable bonds is 8. The van der Waals surface area contributed by atoms with E-state index < -0.39 is 8.32 Å². The molecule has 1 atom stereocenters. The van der Waals surface area contributed by atoms with E-state index in [-0.39, 0.29) is 11.1 Å². The Kier molecular flexibility index (Phi) is 7.25. The van der Waals surface area contributed by atoms with Gasteiger partial charge in [-0.1, -0.05) is 47.0 Å². The molecule has 0 heterocycles. The molecule has 0 amide bonds. The zero-order chi connectivity index (χ0) is 13.5. The molecule has 0 bridgehead atoms. The molecular formula is C14H30O2Si. The largest absolute Gasteiger partial charge is 0.414 e. The Morgan fingerprint density at radius 1 is 1.24 bits per heavy atom. The highest BCUT2D eigenvalue weighted by molar-refractivity contribution is 6.74. The maximum atomic E-state index is 10.7. The van der Waals surface area contributed by atoms with Crippen LogP contribution >= 0.6 is 0 Å². The number of unbranched alkanes of at least 4 members (excludes halogenated alkanes) is 2. The third-order valence-corrected chi connectivity index (χ3v) is 8.29. The highest BCUT2D eigenvalue weighted by Gasteiger charge is 2.38. The lowest BCUT2D eigenvalue weighted by molar-refractivity contribution is -0.109. The van der Waals surface area contributed by atoms with Crippen LogP contribution in [0.5, 0.6) is 0 Å². The predicted molar refractivity (Wildman–Crippen MR) is 76.9 cm³/mol. The molecule has 3 heteroatoms. The molecule has 1 unspecified atom stereocenters. The standard InChI is InChI=1S/C14H30O2Si/c1-7-8-9-10-13(11-12-15)16-17(5,6)14(2,3)4/h12-13H,7-11H2,1-6H3. The van der Waals surface area contributed by atoms with E-state index in [4.69, 9.17) is 4.43 Å². The molecule has 0 spiro atoms. The molecule has 0 aromatic carbocycles. The van der Waals surface area contributed by atoms with E-state index in [1.54, 1.807) is 0 Å². The molecule has 0 aliphatic heterocycles. The molecule has 0 aliphatic carbocycles. The molecule has 0 saturated carbocycles. The van der Waals surface area contributed by atoms with E-state index in [2.05, 4.69) is 40.8 Å². The molecule has 0 fully saturated rings. The summed E-state index contributed by atoms with van der Waals surface area (Å²) in [6.45, 7) is 13.4. The van der Waals surface area contributed by atoms with Crippen LogP contribution in [0.2, 0.25) is 18.1 Å². The van der Waals surface area contributed by atoms with Crippen LogP contribution in [0.15, 0.2) is 0 Å². The second kappa shape index (κ2) is 7.32. The lowest BCUT2D eigenvalue weighted by Crippen LogP contribution is -2.44. The molecule has 0 saturated heterocycles. The molecule has 0 aliphatic rings. The minimum absolute atomic E-state index is 0.139. The van der Waals surface area contributed by atoms with E-state index in [1.807, 2.05) is 0 Å². The second-order valence-electron chi connectivity index (χ2n) is 6.40. The quantitative estimate of drug-likeness (QED) is 0.363. The van der Waals surface area contributed by atoms with Crippen molar-refractivity contribution in [3.8, 4) is 0 Å². The fourth-order valence-electron chi connectivity index (χ4n) is 1.55. The van der Waals surface area contributed by atoms with Gasteiger partial charge in [0.2, 0.25) is 0 Å². The summed E-state index contributed by atoms with van der Waals surface area (Å²) in [5, 5.41) is 0.221. The Morgan fingerprint density at radius 3 is 2.24 bits per heavy atom. The lowest BCUT2D eigenvalue weighted by Gasteiger charge is -2.39. The summed E-state index contributed by atoms with van der Waals surface area (Å²) in [6.07, 6.45) is 6.34. The van der Waals surface area contributed by atoms with Gasteiger partial charge in [0.1, 0.15) is 6.29 Å². The van der Waals surface area contributed by atoms with Gasteiger partial charge >= 0.3 is 0 Å². The first-order valence-electron chi connectivity index (χ1n) is 6.86. The Balaban J connectivity index is 4.37. The molecule has 0 N–H and O–H groups in total. The molecule has 0 radical (unpaired) electrons. The van der Waals surface area contributed by atoms with E-state index in [9.17, 15) is 4.79 Å². The van der Waals surface area contributed by atoms with Crippen molar-refractivity contribution in [3.63, 3.8) is 0 Å². The topological polar surface area (TPSA) is 26.3 Å². The fourth-order valence-corrected chi connectivity index (χ4v) is 2.95. The lowest BCUT2D eigenvalue weighted by atomic mass is 10.1. The third-order valence-electron chi connectivity index (χ3n) is 3.76. The zero-order valence-corrected chi connectivity index (χ0v) is 13.5. The highest BCUT2D eigenvalue weighted by atomic mass is 28.4. The molecule has 102 valence electrons. The van der Waals surface area contributed by atoms with E-state index in [0.717, 1.165) is 12.7 Å². The molecule has 0 aromatic heterocycles. The summed E-state index contributed by atoms with van der Waals surface area (Å²) >= 11 is 0. The van der Waals surface area contributed by atoms with Gasteiger partial charge in [-0.05, 0) is 24.6 Å². The molecule has 17 heavy (non-hydrogen) atoms. The first-order valence-corrected chi connectivity index (χ1v) is 9.77. The van der Waals surface area contributed by atoms with Crippen molar-refractivity contribution < 1.29 is 9.22 Å². The van der Waals surface area contributed by atoms with E-state index >= 15 is 0 Å². The summed E-state index contributed by atoms with van der Waals surface area (Å²) in [6, 6.07) is 0. The van der Waals surface area contributed by atoms with Crippen LogP contribution in [0.25, 0.3) is 0 Å². The van der Waals surface area contributed by atoms with Gasteiger partial charge in [0.15, 0.2) is 8.32 Å². The SMILES string of the molecule is CCCCCC(CC=O)O[Si](C)(C)C(C)(C)C. The van der Waals surface area contributed by atoms with Gasteiger partial charge in [0.05, 0.1) is 6.10 Å². The summed E-state index contributed by atoms with van der Waals surface area (Å²) < 4.78 is 6.30. The Bertz CT molecular complexity index is 219. The Morgan fingerprint density at radius 2 is 1.82 bits per heavy atom. The van der Waals surface area contributed by atoms with E-state index in [1.165, 1.54) is 19.3 Å². The van der Waals surface area contributed by atoms with Gasteiger partial charge in [0, 0.05) is 6.42 Å². The summed E-state index contributed by atoms with van der Waals surface area (Å²) in [7, 11) is -1.72. The number of carbonyl (C=O) groups excluding carboxylic acids is 1. The van der Waals surface area contributed by atoms with Crippen LogP contribution < -0.4 is 0 Å². The molecule has 2 nitrogen and oxygen atoms in total. The first kappa shape index (κ1) is 16.8. The van der Waals surface area contributed by atoms with Crippen LogP contribution in [-0.2, 0) is 9.22 Å². The molecular weight excluding hydrogens is 228 g/mol. The third kappa shape index (κ3) is 6.37. The second-order valence-corrected chi connectivity index (χ2v) is 11.2. The highest BCUT2D eigenvalue weighted by Crippen LogP contribution is 2.38. The van der Waals surface area contributed by atoms with Crippen LogP contribution in [0.1, 0.15) is 59.8 Å². The van der Waals surface area contributed by atoms with Crippen LogP contribution in [0, 0.1) is 0 Å². The van der Waals surface area contributed by atoms with Crippen molar-refractivity contribution >= 4 is 14.6 Å². The normalized spacial score (nSPS) is 14.7. The van der Waals surface area contributed by atoms with Gasteiger partial charge in [0.25, 0.3) is 0 Å². The smallest absolute Gasteiger partial charge is 0.192 e. The van der Waals surface area contributed by atoms with Crippen molar-refractivity contribution in [1.29, 1.82) is 0 Å².